The van der Waals surface area contributed by atoms with Crippen LogP contribution in [0.3, 0.4) is 0 Å². The molecule has 4 rings (SSSR count). The van der Waals surface area contributed by atoms with Crippen LogP contribution in [0, 0.1) is 0 Å². The third-order valence-electron chi connectivity index (χ3n) is 12.9. The topological polar surface area (TPSA) is 60.4 Å². The first-order valence-corrected chi connectivity index (χ1v) is 28.1. The Morgan fingerprint density at radius 3 is 0.831 bits per heavy atom. The van der Waals surface area contributed by atoms with E-state index in [0.29, 0.717) is 0 Å². The zero-order chi connectivity index (χ0) is 47.4. The second-order valence-corrected chi connectivity index (χ2v) is 20.6. The quantitative estimate of drug-likeness (QED) is 0.0512. The van der Waals surface area contributed by atoms with Crippen molar-refractivity contribution >= 4 is 16.9 Å². The highest BCUT2D eigenvalue weighted by atomic mass is 32.2. The molecule has 4 heteroatoms. The summed E-state index contributed by atoms with van der Waals surface area (Å²) in [5.74, 6) is -1.62. The van der Waals surface area contributed by atoms with Gasteiger partial charge in [0.15, 0.2) is 14.7 Å². The summed E-state index contributed by atoms with van der Waals surface area (Å²) in [6.07, 6.45) is 33.7. The molecule has 0 aliphatic heterocycles. The fraction of sp³-hybridized carbons (Fsp3) is 0.590. The number of carboxylic acid groups (broad SMARTS) is 1. The van der Waals surface area contributed by atoms with Gasteiger partial charge in [0.1, 0.15) is 10.9 Å². The fourth-order valence-corrected chi connectivity index (χ4v) is 12.3. The smallest absolute Gasteiger partial charge is 0.335 e. The van der Waals surface area contributed by atoms with E-state index in [1.54, 1.807) is 64.8 Å². The lowest BCUT2D eigenvalue weighted by atomic mass is 9.95. The molecule has 0 bridgehead atoms. The van der Waals surface area contributed by atoms with Gasteiger partial charge in [0.2, 0.25) is 0 Å². The first-order chi connectivity index (χ1) is 31.7. The molecule has 0 saturated heterocycles. The van der Waals surface area contributed by atoms with Crippen LogP contribution in [0.4, 0.5) is 0 Å². The molecule has 1 N–H and O–H groups in total. The van der Waals surface area contributed by atoms with Gasteiger partial charge in [-0.3, -0.25) is 0 Å². The molecule has 0 atom stereocenters. The molecule has 0 amide bonds. The SMILES string of the molecule is CCCCc1cc(CCCC)c([S+](c2c(CCCC)cc(CCCC)cc2CCCC)c2c(CCCC)cc(CCCC)cc2CCCC)c(CCCC)c1.O=C(O)c1ccccc1[O-]. The summed E-state index contributed by atoms with van der Waals surface area (Å²) in [6.45, 7) is 21.5. The van der Waals surface area contributed by atoms with E-state index in [1.807, 2.05) is 0 Å². The number of rotatable bonds is 31. The Kier molecular flexibility index (Phi) is 27.7. The Labute approximate surface area is 402 Å². The summed E-state index contributed by atoms with van der Waals surface area (Å²) >= 11 is 0. The van der Waals surface area contributed by atoms with Crippen molar-refractivity contribution in [3.05, 3.63) is 116 Å². The van der Waals surface area contributed by atoms with Gasteiger partial charge in [-0.1, -0.05) is 180 Å². The van der Waals surface area contributed by atoms with Gasteiger partial charge in [-0.15, -0.1) is 0 Å². The monoisotopic (exact) mass is 905 g/mol. The van der Waals surface area contributed by atoms with E-state index in [0.717, 1.165) is 0 Å². The number of para-hydroxylation sites is 1. The van der Waals surface area contributed by atoms with E-state index in [9.17, 15) is 9.90 Å². The Morgan fingerprint density at radius 2 is 0.631 bits per heavy atom. The van der Waals surface area contributed by atoms with Crippen LogP contribution in [0.1, 0.15) is 238 Å². The molecule has 0 fully saturated rings. The van der Waals surface area contributed by atoms with E-state index >= 15 is 0 Å². The molecular weight excluding hydrogens is 813 g/mol. The van der Waals surface area contributed by atoms with Gasteiger partial charge in [0, 0.05) is 33.4 Å². The number of carbonyl (C=O) groups is 1. The van der Waals surface area contributed by atoms with Crippen molar-refractivity contribution in [1.82, 2.24) is 0 Å². The summed E-state index contributed by atoms with van der Waals surface area (Å²) in [6, 6.07) is 21.9. The van der Waals surface area contributed by atoms with Gasteiger partial charge < -0.3 is 10.2 Å². The van der Waals surface area contributed by atoms with Gasteiger partial charge in [-0.2, -0.15) is 0 Å². The van der Waals surface area contributed by atoms with E-state index in [-0.39, 0.29) is 16.5 Å². The van der Waals surface area contributed by atoms with Crippen molar-refractivity contribution in [2.75, 3.05) is 0 Å². The molecular formula is C61H92O3S. The molecule has 65 heavy (non-hydrogen) atoms. The van der Waals surface area contributed by atoms with Crippen LogP contribution >= 0.6 is 0 Å². The number of aryl methyl sites for hydroxylation is 9. The molecule has 3 nitrogen and oxygen atoms in total. The Morgan fingerprint density at radius 1 is 0.400 bits per heavy atom. The lowest BCUT2D eigenvalue weighted by Gasteiger charge is -2.25. The molecule has 0 unspecified atom stereocenters. The number of benzene rings is 4. The second kappa shape index (κ2) is 32.2. The highest BCUT2D eigenvalue weighted by Gasteiger charge is 2.41. The highest BCUT2D eigenvalue weighted by molar-refractivity contribution is 7.97. The normalized spacial score (nSPS) is 11.3. The van der Waals surface area contributed by atoms with Crippen molar-refractivity contribution in [2.45, 2.75) is 250 Å². The summed E-state index contributed by atoms with van der Waals surface area (Å²) < 4.78 is 0. The van der Waals surface area contributed by atoms with Gasteiger partial charge in [-0.25, -0.2) is 4.79 Å². The number of hydrogen-bond donors (Lipinski definition) is 1. The molecule has 0 aliphatic rings. The lowest BCUT2D eigenvalue weighted by molar-refractivity contribution is -0.268. The maximum atomic E-state index is 10.7. The summed E-state index contributed by atoms with van der Waals surface area (Å²) in [4.78, 5) is 15.5. The number of carboxylic acids is 1. The average molecular weight is 905 g/mol. The van der Waals surface area contributed by atoms with Crippen LogP contribution in [0.5, 0.6) is 5.75 Å². The molecule has 0 aromatic heterocycles. The molecule has 360 valence electrons. The summed E-state index contributed by atoms with van der Waals surface area (Å²) in [7, 11) is -0.147. The molecule has 4 aromatic carbocycles. The molecule has 0 saturated carbocycles. The minimum absolute atomic E-state index is 0.147. The first kappa shape index (κ1) is 55.8. The minimum Gasteiger partial charge on any atom is -0.872 e. The van der Waals surface area contributed by atoms with Gasteiger partial charge >= 0.3 is 5.97 Å². The Hall–Kier alpha value is -3.50. The van der Waals surface area contributed by atoms with Crippen LogP contribution in [0.15, 0.2) is 75.4 Å². The molecule has 0 aliphatic carbocycles. The van der Waals surface area contributed by atoms with Crippen LogP contribution in [0.25, 0.3) is 0 Å². The van der Waals surface area contributed by atoms with Crippen molar-refractivity contribution in [1.29, 1.82) is 0 Å². The van der Waals surface area contributed by atoms with Crippen molar-refractivity contribution in [3.63, 3.8) is 0 Å². The molecule has 0 spiro atoms. The maximum Gasteiger partial charge on any atom is 0.335 e. The third-order valence-corrected chi connectivity index (χ3v) is 15.7. The first-order valence-electron chi connectivity index (χ1n) is 26.8. The summed E-state index contributed by atoms with van der Waals surface area (Å²) in [5, 5.41) is 19.0. The molecule has 4 aromatic rings. The molecule has 0 heterocycles. The van der Waals surface area contributed by atoms with Crippen molar-refractivity contribution in [2.24, 2.45) is 0 Å². The average Bonchev–Trinajstić information content (AvgIpc) is 3.31. The number of hydrogen-bond acceptors (Lipinski definition) is 2. The van der Waals surface area contributed by atoms with E-state index in [2.05, 4.69) is 98.7 Å². The third kappa shape index (κ3) is 17.9. The van der Waals surface area contributed by atoms with E-state index in [1.165, 1.54) is 198 Å². The van der Waals surface area contributed by atoms with Gasteiger partial charge in [0.05, 0.1) is 5.56 Å². The zero-order valence-corrected chi connectivity index (χ0v) is 43.9. The van der Waals surface area contributed by atoms with Crippen molar-refractivity contribution < 1.29 is 15.0 Å². The zero-order valence-electron chi connectivity index (χ0n) is 43.0. The summed E-state index contributed by atoms with van der Waals surface area (Å²) in [5.41, 5.74) is 14.8. The predicted octanol–water partition coefficient (Wildman–Crippen LogP) is 17.3. The standard InChI is InChI=1S/C54H87S.C7H6O3/c1-10-19-28-43-37-46(31-22-13-4)52(47(38-43)32-23-14-5)55(53-48(33-24-15-6)39-44(29-20-11-2)40-49(53)34-25-16-7)54-50(35-26-17-8)41-45(30-21-12-3)42-51(54)36-27-18-9;8-6-4-2-1-3-5(6)7(9)10/h37-42H,10-36H2,1-9H3;1-4,8H,(H,9,10)/q+1;/p-1. The highest BCUT2D eigenvalue weighted by Crippen LogP contribution is 2.45. The maximum absolute atomic E-state index is 10.7. The second-order valence-electron chi connectivity index (χ2n) is 18.8. The van der Waals surface area contributed by atoms with Gasteiger partial charge in [0.25, 0.3) is 0 Å². The molecule has 0 radical (unpaired) electrons. The number of aromatic carboxylic acids is 1. The predicted molar refractivity (Wildman–Crippen MR) is 282 cm³/mol. The van der Waals surface area contributed by atoms with Crippen LogP contribution in [0.2, 0.25) is 0 Å². The number of unbranched alkanes of at least 4 members (excludes halogenated alkanes) is 9. The largest absolute Gasteiger partial charge is 0.872 e. The Balaban J connectivity index is 0.000000985. The van der Waals surface area contributed by atoms with Crippen LogP contribution in [-0.4, -0.2) is 11.1 Å². The Bertz CT molecular complexity index is 1690. The minimum atomic E-state index is -1.18. The van der Waals surface area contributed by atoms with E-state index in [4.69, 9.17) is 5.11 Å². The van der Waals surface area contributed by atoms with Crippen LogP contribution < -0.4 is 5.11 Å². The fourth-order valence-electron chi connectivity index (χ4n) is 9.11. The lowest BCUT2D eigenvalue weighted by Crippen LogP contribution is -2.20. The van der Waals surface area contributed by atoms with Crippen LogP contribution in [-0.2, 0) is 68.7 Å². The van der Waals surface area contributed by atoms with E-state index < -0.39 is 11.7 Å². The van der Waals surface area contributed by atoms with Gasteiger partial charge in [-0.05, 0) is 138 Å². The van der Waals surface area contributed by atoms with Crippen molar-refractivity contribution in [3.8, 4) is 5.75 Å².